The molecule has 1 aliphatic heterocycles. The molecule has 1 amide bonds. The average molecular weight is 417 g/mol. The predicted octanol–water partition coefficient (Wildman–Crippen LogP) is 0.107. The van der Waals surface area contributed by atoms with Crippen LogP contribution in [0.3, 0.4) is 0 Å². The lowest BCUT2D eigenvalue weighted by Crippen LogP contribution is -2.59. The van der Waals surface area contributed by atoms with Crippen molar-refractivity contribution in [3.05, 3.63) is 53.6 Å². The largest absolute Gasteiger partial charge is 0.496 e. The van der Waals surface area contributed by atoms with Crippen molar-refractivity contribution in [2.45, 2.75) is 36.9 Å². The number of benzene rings is 2. The number of aliphatic hydroxyl groups excluding tert-OH is 4. The molecule has 162 valence electrons. The summed E-state index contributed by atoms with van der Waals surface area (Å²) >= 11 is 0. The van der Waals surface area contributed by atoms with Gasteiger partial charge < -0.3 is 35.2 Å². The Kier molecular flexibility index (Phi) is 7.06. The van der Waals surface area contributed by atoms with Gasteiger partial charge in [-0.2, -0.15) is 0 Å². The maximum absolute atomic E-state index is 11.9. The van der Waals surface area contributed by atoms with Gasteiger partial charge in [0.25, 0.3) is 5.91 Å². The number of amides is 1. The highest BCUT2D eigenvalue weighted by molar-refractivity contribution is 5.95. The van der Waals surface area contributed by atoms with E-state index in [4.69, 9.17) is 9.47 Å². The van der Waals surface area contributed by atoms with Gasteiger partial charge in [-0.1, -0.05) is 24.3 Å². The Morgan fingerprint density at radius 3 is 2.40 bits per heavy atom. The van der Waals surface area contributed by atoms with Crippen LogP contribution in [0, 0.1) is 0 Å². The van der Waals surface area contributed by atoms with E-state index in [1.54, 1.807) is 25.2 Å². The summed E-state index contributed by atoms with van der Waals surface area (Å²) in [5.41, 5.74) is 2.95. The summed E-state index contributed by atoms with van der Waals surface area (Å²) in [5, 5.41) is 42.2. The van der Waals surface area contributed by atoms with E-state index in [-0.39, 0.29) is 12.3 Å². The third-order valence-corrected chi connectivity index (χ3v) is 5.38. The summed E-state index contributed by atoms with van der Waals surface area (Å²) in [6.07, 6.45) is -5.68. The quantitative estimate of drug-likeness (QED) is 0.451. The summed E-state index contributed by atoms with van der Waals surface area (Å²) in [7, 11) is 3.10. The zero-order valence-corrected chi connectivity index (χ0v) is 16.9. The Balaban J connectivity index is 1.85. The van der Waals surface area contributed by atoms with E-state index in [0.29, 0.717) is 11.3 Å². The first-order chi connectivity index (χ1) is 14.4. The normalized spacial score (nSPS) is 26.3. The number of hydrogen-bond acceptors (Lipinski definition) is 7. The SMILES string of the molecule is CNC(=O)c1cccc(-c2ccc(CC3OC(CO)C(O)C(O)C3O)c(OC)c2)c1. The van der Waals surface area contributed by atoms with Crippen LogP contribution in [0.15, 0.2) is 42.5 Å². The van der Waals surface area contributed by atoms with Crippen LogP contribution in [-0.4, -0.2) is 77.6 Å². The molecular formula is C22H27NO7. The van der Waals surface area contributed by atoms with Gasteiger partial charge in [0, 0.05) is 19.0 Å². The smallest absolute Gasteiger partial charge is 0.251 e. The summed E-state index contributed by atoms with van der Waals surface area (Å²) in [4.78, 5) is 11.9. The standard InChI is InChI=1S/C22H27NO7/c1-23-22(28)15-5-3-4-12(8-15)13-6-7-14(16(9-13)29-2)10-17-19(25)21(27)20(26)18(11-24)30-17/h3-9,17-21,24-27H,10-11H2,1-2H3,(H,23,28). The van der Waals surface area contributed by atoms with Gasteiger partial charge in [-0.3, -0.25) is 4.79 Å². The van der Waals surface area contributed by atoms with E-state index in [9.17, 15) is 25.2 Å². The molecule has 2 aromatic carbocycles. The average Bonchev–Trinajstić information content (AvgIpc) is 2.79. The third kappa shape index (κ3) is 4.48. The highest BCUT2D eigenvalue weighted by atomic mass is 16.5. The predicted molar refractivity (Wildman–Crippen MR) is 109 cm³/mol. The molecule has 5 unspecified atom stereocenters. The first-order valence-electron chi connectivity index (χ1n) is 9.69. The minimum Gasteiger partial charge on any atom is -0.496 e. The van der Waals surface area contributed by atoms with Gasteiger partial charge in [0.15, 0.2) is 0 Å². The zero-order valence-electron chi connectivity index (χ0n) is 16.9. The van der Waals surface area contributed by atoms with Gasteiger partial charge in [0.1, 0.15) is 30.2 Å². The lowest BCUT2D eigenvalue weighted by molar-refractivity contribution is -0.228. The molecule has 0 radical (unpaired) electrons. The van der Waals surface area contributed by atoms with Crippen molar-refractivity contribution >= 4 is 5.91 Å². The second kappa shape index (κ2) is 9.55. The van der Waals surface area contributed by atoms with Crippen molar-refractivity contribution in [3.8, 4) is 16.9 Å². The monoisotopic (exact) mass is 417 g/mol. The molecule has 1 heterocycles. The second-order valence-corrected chi connectivity index (χ2v) is 7.26. The Morgan fingerprint density at radius 1 is 1.03 bits per heavy atom. The third-order valence-electron chi connectivity index (χ3n) is 5.38. The molecule has 3 rings (SSSR count). The fraction of sp³-hybridized carbons (Fsp3) is 0.409. The number of nitrogens with one attached hydrogen (secondary N) is 1. The molecule has 8 nitrogen and oxygen atoms in total. The maximum atomic E-state index is 11.9. The highest BCUT2D eigenvalue weighted by Crippen LogP contribution is 2.31. The number of carbonyl (C=O) groups is 1. The Labute approximate surface area is 174 Å². The minimum atomic E-state index is -1.42. The van der Waals surface area contributed by atoms with Crippen LogP contribution in [0.1, 0.15) is 15.9 Å². The number of methoxy groups -OCH3 is 1. The van der Waals surface area contributed by atoms with Crippen LogP contribution in [-0.2, 0) is 11.2 Å². The fourth-order valence-electron chi connectivity index (χ4n) is 3.64. The first kappa shape index (κ1) is 22.2. The van der Waals surface area contributed by atoms with Crippen LogP contribution in [0.2, 0.25) is 0 Å². The molecule has 1 aliphatic rings. The Bertz CT molecular complexity index is 886. The molecule has 0 aliphatic carbocycles. The van der Waals surface area contributed by atoms with Crippen molar-refractivity contribution in [2.75, 3.05) is 20.8 Å². The van der Waals surface area contributed by atoms with Crippen molar-refractivity contribution in [1.29, 1.82) is 0 Å². The highest BCUT2D eigenvalue weighted by Gasteiger charge is 2.43. The lowest BCUT2D eigenvalue weighted by Gasteiger charge is -2.40. The lowest BCUT2D eigenvalue weighted by atomic mass is 9.91. The van der Waals surface area contributed by atoms with Crippen LogP contribution < -0.4 is 10.1 Å². The van der Waals surface area contributed by atoms with Crippen LogP contribution >= 0.6 is 0 Å². The zero-order chi connectivity index (χ0) is 21.8. The van der Waals surface area contributed by atoms with Gasteiger partial charge in [-0.05, 0) is 34.9 Å². The van der Waals surface area contributed by atoms with Gasteiger partial charge in [0.2, 0.25) is 0 Å². The van der Waals surface area contributed by atoms with Crippen LogP contribution in [0.4, 0.5) is 0 Å². The minimum absolute atomic E-state index is 0.178. The second-order valence-electron chi connectivity index (χ2n) is 7.26. The van der Waals surface area contributed by atoms with Crippen molar-refractivity contribution in [3.63, 3.8) is 0 Å². The summed E-state index contributed by atoms with van der Waals surface area (Å²) in [5.74, 6) is 0.373. The summed E-state index contributed by atoms with van der Waals surface area (Å²) in [6.45, 7) is -0.473. The van der Waals surface area contributed by atoms with Crippen molar-refractivity contribution in [2.24, 2.45) is 0 Å². The van der Waals surface area contributed by atoms with Gasteiger partial charge >= 0.3 is 0 Å². The number of carbonyl (C=O) groups excluding carboxylic acids is 1. The first-order valence-corrected chi connectivity index (χ1v) is 9.69. The van der Waals surface area contributed by atoms with E-state index in [0.717, 1.165) is 16.7 Å². The molecule has 5 N–H and O–H groups in total. The number of aliphatic hydroxyl groups is 4. The molecule has 0 saturated carbocycles. The number of hydrogen-bond donors (Lipinski definition) is 5. The van der Waals surface area contributed by atoms with Gasteiger partial charge in [-0.15, -0.1) is 0 Å². The van der Waals surface area contributed by atoms with Gasteiger partial charge in [-0.25, -0.2) is 0 Å². The molecule has 5 atom stereocenters. The molecule has 2 aromatic rings. The molecule has 0 aromatic heterocycles. The molecule has 1 fully saturated rings. The Hall–Kier alpha value is -2.49. The Morgan fingerprint density at radius 2 is 1.73 bits per heavy atom. The van der Waals surface area contributed by atoms with E-state index in [2.05, 4.69) is 5.32 Å². The number of ether oxygens (including phenoxy) is 2. The van der Waals surface area contributed by atoms with E-state index in [1.165, 1.54) is 7.11 Å². The van der Waals surface area contributed by atoms with Crippen LogP contribution in [0.5, 0.6) is 5.75 Å². The van der Waals surface area contributed by atoms with Crippen molar-refractivity contribution < 1.29 is 34.7 Å². The molecule has 30 heavy (non-hydrogen) atoms. The molecule has 8 heteroatoms. The topological polar surface area (TPSA) is 128 Å². The number of rotatable bonds is 6. The summed E-state index contributed by atoms with van der Waals surface area (Å²) in [6, 6.07) is 12.7. The van der Waals surface area contributed by atoms with Gasteiger partial charge in [0.05, 0.1) is 19.8 Å². The molecule has 1 saturated heterocycles. The van der Waals surface area contributed by atoms with E-state index in [1.807, 2.05) is 24.3 Å². The maximum Gasteiger partial charge on any atom is 0.251 e. The van der Waals surface area contributed by atoms with E-state index >= 15 is 0 Å². The molecule has 0 spiro atoms. The summed E-state index contributed by atoms with van der Waals surface area (Å²) < 4.78 is 11.1. The fourth-order valence-corrected chi connectivity index (χ4v) is 3.64. The van der Waals surface area contributed by atoms with Crippen LogP contribution in [0.25, 0.3) is 11.1 Å². The molecule has 0 bridgehead atoms. The van der Waals surface area contributed by atoms with E-state index < -0.39 is 37.1 Å². The van der Waals surface area contributed by atoms with Crippen molar-refractivity contribution in [1.82, 2.24) is 5.32 Å². The molecular weight excluding hydrogens is 390 g/mol.